The van der Waals surface area contributed by atoms with Gasteiger partial charge >= 0.3 is 0 Å². The molecule has 1 heterocycles. The van der Waals surface area contributed by atoms with Gasteiger partial charge in [-0.1, -0.05) is 13.8 Å². The number of likely N-dealkylation sites (N-methyl/N-ethyl adjacent to an activating group) is 1. The number of aliphatic hydroxyl groups excluding tert-OH is 1. The van der Waals surface area contributed by atoms with Gasteiger partial charge in [-0.2, -0.15) is 0 Å². The van der Waals surface area contributed by atoms with Gasteiger partial charge in [0.05, 0.1) is 13.1 Å². The fraction of sp³-hybridized carbons (Fsp3) is 0.900. The lowest BCUT2D eigenvalue weighted by Crippen LogP contribution is -2.47. The van der Waals surface area contributed by atoms with Gasteiger partial charge in [-0.05, 0) is 12.3 Å². The number of nitrogens with zero attached hydrogens (tertiary/aromatic N) is 2. The molecular weight excluding hydrogens is 164 g/mol. The summed E-state index contributed by atoms with van der Waals surface area (Å²) in [5.41, 5.74) is 0. The van der Waals surface area contributed by atoms with Gasteiger partial charge in [-0.3, -0.25) is 4.90 Å². The van der Waals surface area contributed by atoms with Crippen molar-refractivity contribution in [3.05, 3.63) is 0 Å². The predicted molar refractivity (Wildman–Crippen MR) is 54.2 cm³/mol. The zero-order chi connectivity index (χ0) is 9.84. The van der Waals surface area contributed by atoms with Gasteiger partial charge in [0, 0.05) is 0 Å². The first kappa shape index (κ1) is 10.7. The van der Waals surface area contributed by atoms with Crippen LogP contribution in [-0.4, -0.2) is 53.7 Å². The van der Waals surface area contributed by atoms with Crippen molar-refractivity contribution in [3.8, 4) is 0 Å². The number of hydrogen-bond acceptors (Lipinski definition) is 2. The second kappa shape index (κ2) is 4.72. The van der Waals surface area contributed by atoms with E-state index in [-0.39, 0.29) is 6.23 Å². The van der Waals surface area contributed by atoms with E-state index >= 15 is 0 Å². The average Bonchev–Trinajstić information content (AvgIpc) is 2.17. The van der Waals surface area contributed by atoms with Gasteiger partial charge in [-0.15, -0.1) is 0 Å². The Balaban J connectivity index is 2.45. The highest BCUT2D eigenvalue weighted by molar-refractivity contribution is 5.54. The molecule has 0 fully saturated rings. The summed E-state index contributed by atoms with van der Waals surface area (Å²) in [6.45, 7) is 7.09. The highest BCUT2D eigenvalue weighted by Crippen LogP contribution is 2.12. The van der Waals surface area contributed by atoms with E-state index in [1.54, 1.807) is 0 Å². The molecule has 0 radical (unpaired) electrons. The smallest absolute Gasteiger partial charge is 0.155 e. The molecule has 1 aliphatic rings. The van der Waals surface area contributed by atoms with Crippen LogP contribution in [0.5, 0.6) is 0 Å². The molecule has 3 heteroatoms. The molecule has 0 aromatic carbocycles. The Bertz CT molecular complexity index is 191. The quantitative estimate of drug-likeness (QED) is 0.643. The Morgan fingerprint density at radius 3 is 2.77 bits per heavy atom. The molecular formula is C10H21N2O+. The molecule has 0 bridgehead atoms. The lowest BCUT2D eigenvalue weighted by molar-refractivity contribution is -0.500. The molecule has 0 aromatic heterocycles. The zero-order valence-corrected chi connectivity index (χ0v) is 8.90. The predicted octanol–water partition coefficient (Wildman–Crippen LogP) is 0.380. The van der Waals surface area contributed by atoms with E-state index in [0.717, 1.165) is 26.1 Å². The lowest BCUT2D eigenvalue weighted by Gasteiger charge is -2.30. The maximum Gasteiger partial charge on any atom is 0.155 e. The van der Waals surface area contributed by atoms with E-state index in [0.29, 0.717) is 5.92 Å². The number of hydrogen-bond donors (Lipinski definition) is 1. The molecule has 1 aliphatic heterocycles. The first-order valence-electron chi connectivity index (χ1n) is 5.10. The summed E-state index contributed by atoms with van der Waals surface area (Å²) in [5.74, 6) is 0.372. The first-order chi connectivity index (χ1) is 6.15. The minimum atomic E-state index is -0.269. The second-order valence-electron chi connectivity index (χ2n) is 3.96. The average molecular weight is 185 g/mol. The van der Waals surface area contributed by atoms with Crippen LogP contribution in [0.4, 0.5) is 0 Å². The molecule has 0 saturated heterocycles. The third-order valence-corrected chi connectivity index (χ3v) is 2.89. The second-order valence-corrected chi connectivity index (χ2v) is 3.96. The molecule has 13 heavy (non-hydrogen) atoms. The number of aliphatic hydroxyl groups is 1. The maximum atomic E-state index is 9.92. The molecule has 2 atom stereocenters. The summed E-state index contributed by atoms with van der Waals surface area (Å²) in [7, 11) is 2.08. The van der Waals surface area contributed by atoms with Gasteiger partial charge in [0.2, 0.25) is 0 Å². The summed E-state index contributed by atoms with van der Waals surface area (Å²) in [6.07, 6.45) is 2.90. The van der Waals surface area contributed by atoms with E-state index in [1.807, 2.05) is 0 Å². The van der Waals surface area contributed by atoms with Crippen molar-refractivity contribution in [2.24, 2.45) is 5.92 Å². The molecule has 1 N–H and O–H groups in total. The van der Waals surface area contributed by atoms with Crippen molar-refractivity contribution in [1.82, 2.24) is 4.90 Å². The third kappa shape index (κ3) is 2.78. The van der Waals surface area contributed by atoms with Crippen LogP contribution in [0.2, 0.25) is 0 Å². The van der Waals surface area contributed by atoms with Gasteiger partial charge in [0.25, 0.3) is 0 Å². The van der Waals surface area contributed by atoms with E-state index in [2.05, 4.69) is 36.6 Å². The summed E-state index contributed by atoms with van der Waals surface area (Å²) in [4.78, 5) is 2.13. The standard InChI is InChI=1S/C10H21N2O/c1-4-9(2)10(13)12-7-5-11(3)6-8-12/h5,9-10,13H,4,6-8H2,1-3H3/q+1. The van der Waals surface area contributed by atoms with Gasteiger partial charge in [-0.25, -0.2) is 4.58 Å². The van der Waals surface area contributed by atoms with Crippen LogP contribution in [0.3, 0.4) is 0 Å². The van der Waals surface area contributed by atoms with E-state index in [1.165, 1.54) is 0 Å². The van der Waals surface area contributed by atoms with Crippen molar-refractivity contribution >= 4 is 6.21 Å². The molecule has 0 aromatic rings. The third-order valence-electron chi connectivity index (χ3n) is 2.89. The molecule has 76 valence electrons. The van der Waals surface area contributed by atoms with Crippen LogP contribution >= 0.6 is 0 Å². The van der Waals surface area contributed by atoms with E-state index < -0.39 is 0 Å². The summed E-state index contributed by atoms with van der Waals surface area (Å²) in [5, 5.41) is 9.92. The van der Waals surface area contributed by atoms with Gasteiger partial charge in [0.15, 0.2) is 12.8 Å². The SMILES string of the molecule is CCC(C)C(O)N1CC=[N+](C)CC1. The molecule has 0 amide bonds. The molecule has 0 saturated carbocycles. The summed E-state index contributed by atoms with van der Waals surface area (Å²) >= 11 is 0. The highest BCUT2D eigenvalue weighted by Gasteiger charge is 2.24. The Hall–Kier alpha value is -0.410. The van der Waals surface area contributed by atoms with Crippen LogP contribution in [-0.2, 0) is 0 Å². The molecule has 0 aliphatic carbocycles. The van der Waals surface area contributed by atoms with Crippen molar-refractivity contribution in [1.29, 1.82) is 0 Å². The van der Waals surface area contributed by atoms with Gasteiger partial charge < -0.3 is 5.11 Å². The topological polar surface area (TPSA) is 26.5 Å². The maximum absolute atomic E-state index is 9.92. The monoisotopic (exact) mass is 185 g/mol. The minimum Gasteiger partial charge on any atom is -0.378 e. The van der Waals surface area contributed by atoms with Crippen molar-refractivity contribution in [3.63, 3.8) is 0 Å². The van der Waals surface area contributed by atoms with Crippen molar-refractivity contribution in [2.45, 2.75) is 26.5 Å². The fourth-order valence-electron chi connectivity index (χ4n) is 1.52. The molecule has 3 nitrogen and oxygen atoms in total. The van der Waals surface area contributed by atoms with Crippen LogP contribution in [0.25, 0.3) is 0 Å². The summed E-state index contributed by atoms with van der Waals surface area (Å²) in [6, 6.07) is 0. The minimum absolute atomic E-state index is 0.269. The summed E-state index contributed by atoms with van der Waals surface area (Å²) < 4.78 is 2.18. The molecule has 2 unspecified atom stereocenters. The fourth-order valence-corrected chi connectivity index (χ4v) is 1.52. The lowest BCUT2D eigenvalue weighted by atomic mass is 10.1. The van der Waals surface area contributed by atoms with Gasteiger partial charge in [0.1, 0.15) is 13.3 Å². The Morgan fingerprint density at radius 2 is 2.31 bits per heavy atom. The van der Waals surface area contributed by atoms with Crippen LogP contribution in [0, 0.1) is 5.92 Å². The highest BCUT2D eigenvalue weighted by atomic mass is 16.3. The van der Waals surface area contributed by atoms with E-state index in [9.17, 15) is 5.11 Å². The Labute approximate surface area is 80.7 Å². The first-order valence-corrected chi connectivity index (χ1v) is 5.10. The molecule has 0 spiro atoms. The normalized spacial score (nSPS) is 23.8. The van der Waals surface area contributed by atoms with Crippen LogP contribution < -0.4 is 0 Å². The Kier molecular flexibility index (Phi) is 3.88. The van der Waals surface area contributed by atoms with E-state index in [4.69, 9.17) is 0 Å². The largest absolute Gasteiger partial charge is 0.378 e. The van der Waals surface area contributed by atoms with Crippen LogP contribution in [0.15, 0.2) is 0 Å². The molecule has 1 rings (SSSR count). The van der Waals surface area contributed by atoms with Crippen molar-refractivity contribution < 1.29 is 9.68 Å². The van der Waals surface area contributed by atoms with Crippen molar-refractivity contribution in [2.75, 3.05) is 26.7 Å². The van der Waals surface area contributed by atoms with Crippen LogP contribution in [0.1, 0.15) is 20.3 Å². The number of rotatable bonds is 3. The Morgan fingerprint density at radius 1 is 1.62 bits per heavy atom. The zero-order valence-electron chi connectivity index (χ0n) is 8.90.